The number of amides is 1. The van der Waals surface area contributed by atoms with Crippen LogP contribution in [0.5, 0.6) is 0 Å². The molecule has 0 unspecified atom stereocenters. The number of aromatic nitrogens is 4. The first kappa shape index (κ1) is 58.0. The molecule has 1 saturated heterocycles. The summed E-state index contributed by atoms with van der Waals surface area (Å²) in [6.45, 7) is 11.7. The summed E-state index contributed by atoms with van der Waals surface area (Å²) in [6, 6.07) is 24.7. The van der Waals surface area contributed by atoms with Crippen molar-refractivity contribution in [1.82, 2.24) is 29.5 Å². The Labute approximate surface area is 471 Å². The smallest absolute Gasteiger partial charge is 0.382 e. The molecule has 0 radical (unpaired) electrons. The first-order valence-corrected chi connectivity index (χ1v) is 30.1. The van der Waals surface area contributed by atoms with E-state index in [0.717, 1.165) is 98.5 Å². The lowest BCUT2D eigenvalue weighted by molar-refractivity contribution is -0.139. The van der Waals surface area contributed by atoms with Gasteiger partial charge in [0.15, 0.2) is 15.7 Å². The number of carbonyl (C=O) groups excluding carboxylic acids is 1. The minimum absolute atomic E-state index is 0.0909. The van der Waals surface area contributed by atoms with E-state index in [2.05, 4.69) is 44.9 Å². The summed E-state index contributed by atoms with van der Waals surface area (Å²) in [5.41, 5.74) is 6.40. The molecule has 0 aliphatic carbocycles. The highest BCUT2D eigenvalue weighted by molar-refractivity contribution is 7.90. The molecule has 0 bridgehead atoms. The first-order valence-electron chi connectivity index (χ1n) is 26.2. The lowest BCUT2D eigenvalue weighted by Crippen LogP contribution is -2.40. The van der Waals surface area contributed by atoms with Crippen molar-refractivity contribution in [2.45, 2.75) is 76.3 Å². The quantitative estimate of drug-likeness (QED) is 0.0439. The standard InChI is InChI=1S/C56H65ClF3N9O7S3/c1-36-37(2)77-55-52(36)53(39-8-10-40(57)11-9-39)64-47(54-66-65-38(3)69(54)55)33-51(70)61-20-24-73-26-28-75-30-31-76-29-27-74-25-23-67-21-18-42(19-22-67)63-46-6-5-7-48-45(46)32-49(68(48)35-56(58,59)60)50-17-14-43(78-50)34-62-41-12-15-44(16-13-41)79(4,71)72/h5-17,32,42,47,62-63H,18-31,33-35H2,1-4H3,(H,61,70)/t47-/m0/s1. The Bertz CT molecular complexity index is 3330. The minimum Gasteiger partial charge on any atom is -0.382 e. The van der Waals surface area contributed by atoms with Crippen molar-refractivity contribution in [2.75, 3.05) is 95.9 Å². The molecule has 0 saturated carbocycles. The van der Waals surface area contributed by atoms with Gasteiger partial charge in [0.05, 0.1) is 86.0 Å². The first-order chi connectivity index (χ1) is 38.0. The topological polar surface area (TPSA) is 175 Å². The number of nitrogens with one attached hydrogen (secondary N) is 3. The molecule has 1 amide bonds. The molecule has 16 nitrogen and oxygen atoms in total. The van der Waals surface area contributed by atoms with Crippen molar-refractivity contribution in [3.63, 3.8) is 0 Å². The monoisotopic (exact) mass is 1160 g/mol. The molecule has 9 rings (SSSR count). The molecule has 2 aliphatic rings. The number of aliphatic imine (C=N–C) groups is 1. The molecule has 1 atom stereocenters. The highest BCUT2D eigenvalue weighted by Gasteiger charge is 2.33. The molecule has 2 aliphatic heterocycles. The van der Waals surface area contributed by atoms with Gasteiger partial charge in [-0.15, -0.1) is 32.9 Å². The molecule has 0 spiro atoms. The average Bonchev–Trinajstić information content (AvgIpc) is 4.33. The average molecular weight is 1160 g/mol. The number of benzene rings is 3. The second-order valence-corrected chi connectivity index (χ2v) is 24.4. The summed E-state index contributed by atoms with van der Waals surface area (Å²) in [5, 5.41) is 21.1. The largest absolute Gasteiger partial charge is 0.406 e. The van der Waals surface area contributed by atoms with Gasteiger partial charge in [-0.05, 0) is 106 Å². The van der Waals surface area contributed by atoms with Gasteiger partial charge in [-0.3, -0.25) is 14.4 Å². The molecule has 23 heteroatoms. The Morgan fingerprint density at radius 3 is 2.20 bits per heavy atom. The van der Waals surface area contributed by atoms with Gasteiger partial charge in [-0.2, -0.15) is 13.2 Å². The fourth-order valence-electron chi connectivity index (χ4n) is 9.70. The van der Waals surface area contributed by atoms with Crippen LogP contribution in [0.2, 0.25) is 5.02 Å². The number of halogens is 4. The lowest BCUT2D eigenvalue weighted by atomic mass is 9.99. The maximum absolute atomic E-state index is 14.0. The number of hydrogen-bond acceptors (Lipinski definition) is 15. The molecule has 1 fully saturated rings. The molecule has 4 aromatic heterocycles. The number of rotatable bonds is 26. The number of piperidine rings is 1. The van der Waals surface area contributed by atoms with Crippen LogP contribution in [0.1, 0.15) is 63.4 Å². The summed E-state index contributed by atoms with van der Waals surface area (Å²) in [6.07, 6.45) is -1.42. The third-order valence-electron chi connectivity index (χ3n) is 13.9. The SMILES string of the molecule is Cc1sc2c(c1C)C(c1ccc(Cl)cc1)=N[C@@H](CC(=O)NCCOCCOCCOCCOCCN1CCC(Nc3cccc4c3cc(-c3ccc(CNc5ccc(S(C)(=O)=O)cc5)s3)n4CC(F)(F)F)CC1)c1nnc(C)n1-2. The predicted octanol–water partition coefficient (Wildman–Crippen LogP) is 10.2. The number of sulfone groups is 1. The zero-order valence-electron chi connectivity index (χ0n) is 44.5. The summed E-state index contributed by atoms with van der Waals surface area (Å²) in [4.78, 5) is 23.8. The van der Waals surface area contributed by atoms with Crippen LogP contribution in [-0.4, -0.2) is 142 Å². The van der Waals surface area contributed by atoms with Gasteiger partial charge in [-0.1, -0.05) is 29.8 Å². The van der Waals surface area contributed by atoms with E-state index in [1.807, 2.05) is 60.0 Å². The van der Waals surface area contributed by atoms with Gasteiger partial charge < -0.3 is 44.4 Å². The number of hydrogen-bond donors (Lipinski definition) is 3. The summed E-state index contributed by atoms with van der Waals surface area (Å²) in [7, 11) is -3.32. The van der Waals surface area contributed by atoms with Crippen molar-refractivity contribution in [3.8, 4) is 15.6 Å². The predicted molar refractivity (Wildman–Crippen MR) is 305 cm³/mol. The molecule has 3 aromatic carbocycles. The molecular weight excluding hydrogens is 1100 g/mol. The van der Waals surface area contributed by atoms with E-state index in [0.29, 0.717) is 88.0 Å². The van der Waals surface area contributed by atoms with Crippen molar-refractivity contribution in [2.24, 2.45) is 4.99 Å². The van der Waals surface area contributed by atoms with Crippen molar-refractivity contribution < 1.29 is 45.3 Å². The molecular formula is C56H65ClF3N9O7S3. The highest BCUT2D eigenvalue weighted by atomic mass is 35.5. The number of fused-ring (bicyclic) bond motifs is 4. The van der Waals surface area contributed by atoms with Crippen LogP contribution < -0.4 is 16.0 Å². The maximum Gasteiger partial charge on any atom is 0.406 e. The Kier molecular flexibility index (Phi) is 19.3. The second-order valence-electron chi connectivity index (χ2n) is 19.6. The number of likely N-dealkylation sites (tertiary alicyclic amines) is 1. The number of nitrogens with zero attached hydrogens (tertiary/aromatic N) is 6. The van der Waals surface area contributed by atoms with Crippen LogP contribution >= 0.6 is 34.3 Å². The number of thiophene rings is 2. The summed E-state index contributed by atoms with van der Waals surface area (Å²) >= 11 is 9.32. The highest BCUT2D eigenvalue weighted by Crippen LogP contribution is 2.41. The number of ether oxygens (including phenoxy) is 4. The third kappa shape index (κ3) is 15.0. The fourth-order valence-corrected chi connectivity index (χ4v) is 12.6. The number of aryl methyl sites for hydroxylation is 2. The van der Waals surface area contributed by atoms with E-state index in [-0.39, 0.29) is 23.3 Å². The van der Waals surface area contributed by atoms with Gasteiger partial charge in [0.25, 0.3) is 0 Å². The van der Waals surface area contributed by atoms with Gasteiger partial charge in [0.2, 0.25) is 5.91 Å². The van der Waals surface area contributed by atoms with Crippen molar-refractivity contribution in [3.05, 3.63) is 128 Å². The normalized spacial score (nSPS) is 15.2. The van der Waals surface area contributed by atoms with E-state index in [9.17, 15) is 26.4 Å². The van der Waals surface area contributed by atoms with Crippen LogP contribution in [0.15, 0.2) is 94.8 Å². The number of alkyl halides is 3. The molecule has 79 heavy (non-hydrogen) atoms. The van der Waals surface area contributed by atoms with Crippen LogP contribution in [0, 0.1) is 20.8 Å². The molecule has 3 N–H and O–H groups in total. The Morgan fingerprint density at radius 1 is 0.835 bits per heavy atom. The third-order valence-corrected chi connectivity index (χ3v) is 17.5. The minimum atomic E-state index is -4.42. The maximum atomic E-state index is 14.0. The van der Waals surface area contributed by atoms with E-state index in [4.69, 9.17) is 35.5 Å². The van der Waals surface area contributed by atoms with Crippen LogP contribution in [0.25, 0.3) is 26.5 Å². The van der Waals surface area contributed by atoms with E-state index >= 15 is 0 Å². The zero-order valence-corrected chi connectivity index (χ0v) is 47.7. The second kappa shape index (κ2) is 26.3. The fraction of sp³-hybridized carbons (Fsp3) is 0.429. The number of carbonyl (C=O) groups is 1. The summed E-state index contributed by atoms with van der Waals surface area (Å²) < 4.78 is 92.1. The van der Waals surface area contributed by atoms with Gasteiger partial charge in [0.1, 0.15) is 23.4 Å². The van der Waals surface area contributed by atoms with Gasteiger partial charge >= 0.3 is 6.18 Å². The van der Waals surface area contributed by atoms with Crippen LogP contribution in [0.3, 0.4) is 0 Å². The summed E-state index contributed by atoms with van der Waals surface area (Å²) in [5.74, 6) is 1.18. The van der Waals surface area contributed by atoms with Gasteiger partial charge in [-0.25, -0.2) is 8.42 Å². The lowest BCUT2D eigenvalue weighted by Gasteiger charge is -2.32. The van der Waals surface area contributed by atoms with Crippen molar-refractivity contribution >= 4 is 78.0 Å². The Balaban J connectivity index is 0.631. The Hall–Kier alpha value is -5.69. The van der Waals surface area contributed by atoms with Crippen molar-refractivity contribution in [1.29, 1.82) is 0 Å². The molecule has 6 heterocycles. The van der Waals surface area contributed by atoms with E-state index < -0.39 is 28.6 Å². The number of anilines is 2. The van der Waals surface area contributed by atoms with E-state index in [1.165, 1.54) is 32.9 Å². The van der Waals surface area contributed by atoms with Crippen LogP contribution in [-0.2, 0) is 46.7 Å². The van der Waals surface area contributed by atoms with Gasteiger partial charge in [0, 0.05) is 87.7 Å². The zero-order chi connectivity index (χ0) is 55.7. The molecule has 422 valence electrons. The Morgan fingerprint density at radius 2 is 1.52 bits per heavy atom. The van der Waals surface area contributed by atoms with Crippen LogP contribution in [0.4, 0.5) is 24.5 Å². The van der Waals surface area contributed by atoms with E-state index in [1.54, 1.807) is 35.6 Å². The molecule has 7 aromatic rings.